The van der Waals surface area contributed by atoms with Gasteiger partial charge in [-0.2, -0.15) is 8.42 Å². The van der Waals surface area contributed by atoms with Gasteiger partial charge in [0.15, 0.2) is 0 Å². The smallest absolute Gasteiger partial charge is 0.313 e. The first-order valence-corrected chi connectivity index (χ1v) is 5.66. The standard InChI is InChI=1S/C9H12FNO2S/c1-2-11-7-8-4-3-5-9(6-8)14(10,12)13/h3-6,11H,2,7H2,1H3. The highest BCUT2D eigenvalue weighted by Gasteiger charge is 2.11. The minimum Gasteiger partial charge on any atom is -0.313 e. The van der Waals surface area contributed by atoms with Crippen molar-refractivity contribution in [3.05, 3.63) is 29.8 Å². The van der Waals surface area contributed by atoms with E-state index in [2.05, 4.69) is 5.32 Å². The molecular formula is C9H12FNO2S. The number of nitrogens with one attached hydrogen (secondary N) is 1. The largest absolute Gasteiger partial charge is 0.332 e. The van der Waals surface area contributed by atoms with Gasteiger partial charge in [-0.3, -0.25) is 0 Å². The fourth-order valence-electron chi connectivity index (χ4n) is 1.08. The molecule has 3 nitrogen and oxygen atoms in total. The first-order chi connectivity index (χ1) is 6.54. The molecule has 0 spiro atoms. The van der Waals surface area contributed by atoms with Gasteiger partial charge in [0.25, 0.3) is 0 Å². The fraction of sp³-hybridized carbons (Fsp3) is 0.333. The summed E-state index contributed by atoms with van der Waals surface area (Å²) < 4.78 is 33.7. The zero-order valence-electron chi connectivity index (χ0n) is 7.83. The first kappa shape index (κ1) is 11.1. The molecule has 1 rings (SSSR count). The molecule has 0 bridgehead atoms. The van der Waals surface area contributed by atoms with E-state index in [1.807, 2.05) is 6.92 Å². The summed E-state index contributed by atoms with van der Waals surface area (Å²) in [5.41, 5.74) is 0.755. The van der Waals surface area contributed by atoms with Gasteiger partial charge in [-0.05, 0) is 24.2 Å². The van der Waals surface area contributed by atoms with E-state index in [9.17, 15) is 12.3 Å². The Labute approximate surface area is 83.2 Å². The normalized spacial score (nSPS) is 11.6. The Morgan fingerprint density at radius 2 is 2.14 bits per heavy atom. The Morgan fingerprint density at radius 1 is 1.43 bits per heavy atom. The lowest BCUT2D eigenvalue weighted by Crippen LogP contribution is -2.11. The molecule has 0 unspecified atom stereocenters. The number of benzene rings is 1. The minimum atomic E-state index is -4.58. The predicted molar refractivity (Wildman–Crippen MR) is 52.1 cm³/mol. The highest BCUT2D eigenvalue weighted by molar-refractivity contribution is 7.86. The monoisotopic (exact) mass is 217 g/mol. The lowest BCUT2D eigenvalue weighted by atomic mass is 10.2. The zero-order valence-corrected chi connectivity index (χ0v) is 8.64. The van der Waals surface area contributed by atoms with E-state index in [-0.39, 0.29) is 4.90 Å². The summed E-state index contributed by atoms with van der Waals surface area (Å²) in [5.74, 6) is 0. The van der Waals surface area contributed by atoms with E-state index >= 15 is 0 Å². The van der Waals surface area contributed by atoms with Gasteiger partial charge in [0.1, 0.15) is 0 Å². The van der Waals surface area contributed by atoms with Gasteiger partial charge in [0, 0.05) is 6.54 Å². The zero-order chi connectivity index (χ0) is 10.6. The van der Waals surface area contributed by atoms with Crippen molar-refractivity contribution in [3.63, 3.8) is 0 Å². The van der Waals surface area contributed by atoms with Crippen molar-refractivity contribution < 1.29 is 12.3 Å². The number of hydrogen-bond acceptors (Lipinski definition) is 3. The van der Waals surface area contributed by atoms with Crippen LogP contribution >= 0.6 is 0 Å². The lowest BCUT2D eigenvalue weighted by molar-refractivity contribution is 0.552. The van der Waals surface area contributed by atoms with Crippen molar-refractivity contribution in [1.29, 1.82) is 0 Å². The molecule has 14 heavy (non-hydrogen) atoms. The quantitative estimate of drug-likeness (QED) is 0.776. The van der Waals surface area contributed by atoms with Crippen LogP contribution in [0.2, 0.25) is 0 Å². The van der Waals surface area contributed by atoms with E-state index in [1.165, 1.54) is 18.2 Å². The molecule has 0 aliphatic rings. The second-order valence-electron chi connectivity index (χ2n) is 2.87. The van der Waals surface area contributed by atoms with Gasteiger partial charge < -0.3 is 5.32 Å². The molecule has 1 aromatic carbocycles. The van der Waals surface area contributed by atoms with Gasteiger partial charge in [-0.15, -0.1) is 3.89 Å². The third-order valence-corrected chi connectivity index (χ3v) is 2.58. The Hall–Kier alpha value is -0.940. The van der Waals surface area contributed by atoms with Crippen LogP contribution in [0.5, 0.6) is 0 Å². The van der Waals surface area contributed by atoms with E-state index < -0.39 is 10.2 Å². The molecule has 78 valence electrons. The summed E-state index contributed by atoms with van der Waals surface area (Å²) in [5, 5.41) is 3.03. The third-order valence-electron chi connectivity index (χ3n) is 1.76. The van der Waals surface area contributed by atoms with E-state index in [0.29, 0.717) is 6.54 Å². The molecule has 0 aliphatic carbocycles. The third kappa shape index (κ3) is 3.08. The van der Waals surface area contributed by atoms with Crippen molar-refractivity contribution in [2.75, 3.05) is 6.54 Å². The Morgan fingerprint density at radius 3 is 2.71 bits per heavy atom. The fourth-order valence-corrected chi connectivity index (χ4v) is 1.61. The maximum atomic E-state index is 12.6. The first-order valence-electron chi connectivity index (χ1n) is 4.28. The molecule has 0 atom stereocenters. The van der Waals surface area contributed by atoms with Crippen molar-refractivity contribution >= 4 is 10.2 Å². The van der Waals surface area contributed by atoms with Crippen LogP contribution < -0.4 is 5.32 Å². The van der Waals surface area contributed by atoms with Crippen LogP contribution in [-0.2, 0) is 16.8 Å². The van der Waals surface area contributed by atoms with Gasteiger partial charge in [-0.25, -0.2) is 0 Å². The molecule has 0 amide bonds. The van der Waals surface area contributed by atoms with Crippen molar-refractivity contribution in [1.82, 2.24) is 5.32 Å². The molecule has 1 aromatic rings. The highest BCUT2D eigenvalue weighted by atomic mass is 32.3. The summed E-state index contributed by atoms with van der Waals surface area (Å²) in [7, 11) is -4.58. The molecule has 0 heterocycles. The van der Waals surface area contributed by atoms with Crippen LogP contribution in [0, 0.1) is 0 Å². The molecule has 0 aromatic heterocycles. The van der Waals surface area contributed by atoms with Crippen molar-refractivity contribution in [2.24, 2.45) is 0 Å². The lowest BCUT2D eigenvalue weighted by Gasteiger charge is -2.02. The molecule has 0 fully saturated rings. The number of halogens is 1. The van der Waals surface area contributed by atoms with E-state index in [1.54, 1.807) is 6.07 Å². The second-order valence-corrected chi connectivity index (χ2v) is 4.21. The number of hydrogen-bond donors (Lipinski definition) is 1. The number of rotatable bonds is 4. The maximum Gasteiger partial charge on any atom is 0.332 e. The van der Waals surface area contributed by atoms with Gasteiger partial charge >= 0.3 is 10.2 Å². The van der Waals surface area contributed by atoms with Crippen LogP contribution in [0.15, 0.2) is 29.2 Å². The Bertz CT molecular complexity index is 403. The predicted octanol–water partition coefficient (Wildman–Crippen LogP) is 1.45. The van der Waals surface area contributed by atoms with Gasteiger partial charge in [-0.1, -0.05) is 19.1 Å². The summed E-state index contributed by atoms with van der Waals surface area (Å²) in [6.45, 7) is 3.27. The molecule has 1 N–H and O–H groups in total. The summed E-state index contributed by atoms with van der Waals surface area (Å²) >= 11 is 0. The van der Waals surface area contributed by atoms with E-state index in [4.69, 9.17) is 0 Å². The van der Waals surface area contributed by atoms with Crippen LogP contribution in [-0.4, -0.2) is 15.0 Å². The minimum absolute atomic E-state index is 0.284. The topological polar surface area (TPSA) is 46.2 Å². The average molecular weight is 217 g/mol. The van der Waals surface area contributed by atoms with Crippen molar-refractivity contribution in [2.45, 2.75) is 18.4 Å². The summed E-state index contributed by atoms with van der Waals surface area (Å²) in [6.07, 6.45) is 0. The maximum absolute atomic E-state index is 12.6. The SMILES string of the molecule is CCNCc1cccc(S(=O)(=O)F)c1. The van der Waals surface area contributed by atoms with Gasteiger partial charge in [0.05, 0.1) is 4.90 Å². The Kier molecular flexibility index (Phi) is 3.60. The van der Waals surface area contributed by atoms with Crippen LogP contribution in [0.3, 0.4) is 0 Å². The summed E-state index contributed by atoms with van der Waals surface area (Å²) in [6, 6.07) is 5.85. The molecule has 0 saturated heterocycles. The van der Waals surface area contributed by atoms with Gasteiger partial charge in [0.2, 0.25) is 0 Å². The van der Waals surface area contributed by atoms with Crippen LogP contribution in [0.1, 0.15) is 12.5 Å². The average Bonchev–Trinajstić information content (AvgIpc) is 2.14. The highest BCUT2D eigenvalue weighted by Crippen LogP contribution is 2.13. The second kappa shape index (κ2) is 4.52. The van der Waals surface area contributed by atoms with Crippen LogP contribution in [0.25, 0.3) is 0 Å². The van der Waals surface area contributed by atoms with Crippen LogP contribution in [0.4, 0.5) is 3.89 Å². The molecule has 0 saturated carbocycles. The molecule has 0 radical (unpaired) electrons. The molecule has 0 aliphatic heterocycles. The Balaban J connectivity index is 2.90. The molecule has 5 heteroatoms. The summed E-state index contributed by atoms with van der Waals surface area (Å²) in [4.78, 5) is -0.284. The van der Waals surface area contributed by atoms with E-state index in [0.717, 1.165) is 12.1 Å². The van der Waals surface area contributed by atoms with Crippen molar-refractivity contribution in [3.8, 4) is 0 Å². The molecular weight excluding hydrogens is 205 g/mol.